The van der Waals surface area contributed by atoms with Crippen LogP contribution in [0.15, 0.2) is 30.3 Å². The van der Waals surface area contributed by atoms with E-state index in [-0.39, 0.29) is 6.04 Å². The summed E-state index contributed by atoms with van der Waals surface area (Å²) in [5, 5.41) is 10.6. The minimum absolute atomic E-state index is 0.300. The summed E-state index contributed by atoms with van der Waals surface area (Å²) in [6, 6.07) is 8.81. The maximum Gasteiger partial charge on any atom is 0.307 e. The highest BCUT2D eigenvalue weighted by Crippen LogP contribution is 2.44. The zero-order valence-corrected chi connectivity index (χ0v) is 18.7. The summed E-state index contributed by atoms with van der Waals surface area (Å²) in [5.41, 5.74) is 1.70. The van der Waals surface area contributed by atoms with Crippen LogP contribution in [0, 0.1) is 5.92 Å². The Labute approximate surface area is 186 Å². The van der Waals surface area contributed by atoms with Gasteiger partial charge in [-0.2, -0.15) is 0 Å². The van der Waals surface area contributed by atoms with E-state index < -0.39 is 11.9 Å². The van der Waals surface area contributed by atoms with Crippen molar-refractivity contribution in [1.82, 2.24) is 4.90 Å². The van der Waals surface area contributed by atoms with Gasteiger partial charge >= 0.3 is 5.97 Å². The first-order valence-electron chi connectivity index (χ1n) is 9.61. The molecule has 0 bridgehead atoms. The predicted octanol–water partition coefficient (Wildman–Crippen LogP) is 4.91. The molecule has 0 amide bonds. The molecule has 6 nitrogen and oxygen atoms in total. The van der Waals surface area contributed by atoms with Gasteiger partial charge in [0.05, 0.1) is 33.3 Å². The first-order valence-corrected chi connectivity index (χ1v) is 10.4. The van der Waals surface area contributed by atoms with Crippen molar-refractivity contribution in [1.29, 1.82) is 0 Å². The van der Waals surface area contributed by atoms with Gasteiger partial charge in [-0.25, -0.2) is 0 Å². The molecule has 2 unspecified atom stereocenters. The van der Waals surface area contributed by atoms with Crippen molar-refractivity contribution in [2.75, 3.05) is 34.4 Å². The van der Waals surface area contributed by atoms with Gasteiger partial charge in [-0.3, -0.25) is 9.69 Å². The van der Waals surface area contributed by atoms with Gasteiger partial charge < -0.3 is 19.3 Å². The van der Waals surface area contributed by atoms with Crippen molar-refractivity contribution in [2.24, 2.45) is 5.92 Å². The molecule has 0 aliphatic carbocycles. The minimum atomic E-state index is -0.787. The smallest absolute Gasteiger partial charge is 0.307 e. The summed E-state index contributed by atoms with van der Waals surface area (Å²) in [4.78, 5) is 13.8. The van der Waals surface area contributed by atoms with Gasteiger partial charge in [0, 0.05) is 16.6 Å². The fourth-order valence-electron chi connectivity index (χ4n) is 4.01. The molecule has 0 aromatic heterocycles. The van der Waals surface area contributed by atoms with Gasteiger partial charge in [0.1, 0.15) is 0 Å². The lowest BCUT2D eigenvalue weighted by Crippen LogP contribution is -2.41. The standard InChI is InChI=1S/C22H25Cl2NO5/c1-28-18-9-14(10-19(29-2)21(18)30-3)20(16-7-6-15(23)11-17(16)24)25-8-4-5-13(12-25)22(26)27/h6-7,9-11,13,20H,4-5,8,12H2,1-3H3,(H,26,27). The molecule has 162 valence electrons. The predicted molar refractivity (Wildman–Crippen MR) is 116 cm³/mol. The third-order valence-electron chi connectivity index (χ3n) is 5.43. The lowest BCUT2D eigenvalue weighted by atomic mass is 9.91. The molecule has 2 aromatic carbocycles. The number of piperidine rings is 1. The maximum atomic E-state index is 11.7. The van der Waals surface area contributed by atoms with Crippen LogP contribution in [0.25, 0.3) is 0 Å². The van der Waals surface area contributed by atoms with Gasteiger partial charge in [0.25, 0.3) is 0 Å². The van der Waals surface area contributed by atoms with E-state index in [1.807, 2.05) is 18.2 Å². The van der Waals surface area contributed by atoms with Crippen molar-refractivity contribution in [3.05, 3.63) is 51.5 Å². The van der Waals surface area contributed by atoms with Crippen molar-refractivity contribution >= 4 is 29.2 Å². The molecular weight excluding hydrogens is 429 g/mol. The molecule has 8 heteroatoms. The highest BCUT2D eigenvalue weighted by Gasteiger charge is 2.33. The molecule has 1 aliphatic rings. The van der Waals surface area contributed by atoms with Crippen LogP contribution in [-0.4, -0.2) is 50.4 Å². The Balaban J connectivity index is 2.16. The number of carboxylic acids is 1. The second kappa shape index (κ2) is 9.77. The van der Waals surface area contributed by atoms with Gasteiger partial charge in [-0.05, 0) is 54.8 Å². The average molecular weight is 454 g/mol. The highest BCUT2D eigenvalue weighted by molar-refractivity contribution is 6.35. The van der Waals surface area contributed by atoms with Gasteiger partial charge in [-0.15, -0.1) is 0 Å². The third-order valence-corrected chi connectivity index (χ3v) is 5.99. The fraction of sp³-hybridized carbons (Fsp3) is 0.409. The Morgan fingerprint density at radius 3 is 2.30 bits per heavy atom. The highest BCUT2D eigenvalue weighted by atomic mass is 35.5. The van der Waals surface area contributed by atoms with E-state index in [9.17, 15) is 9.90 Å². The number of ether oxygens (including phenoxy) is 3. The van der Waals surface area contributed by atoms with Crippen LogP contribution in [0.3, 0.4) is 0 Å². The quantitative estimate of drug-likeness (QED) is 0.642. The van der Waals surface area contributed by atoms with Crippen molar-refractivity contribution in [2.45, 2.75) is 18.9 Å². The molecule has 1 N–H and O–H groups in total. The number of rotatable bonds is 7. The summed E-state index contributed by atoms with van der Waals surface area (Å²) >= 11 is 12.7. The second-order valence-corrected chi connectivity index (χ2v) is 8.04. The van der Waals surface area contributed by atoms with Crippen molar-refractivity contribution in [3.8, 4) is 17.2 Å². The molecule has 3 rings (SSSR count). The lowest BCUT2D eigenvalue weighted by molar-refractivity contribution is -0.143. The minimum Gasteiger partial charge on any atom is -0.493 e. The Morgan fingerprint density at radius 2 is 1.77 bits per heavy atom. The van der Waals surface area contributed by atoms with E-state index >= 15 is 0 Å². The molecule has 1 aliphatic heterocycles. The van der Waals surface area contributed by atoms with Crippen LogP contribution in [0.5, 0.6) is 17.2 Å². The van der Waals surface area contributed by atoms with E-state index in [1.165, 1.54) is 0 Å². The molecule has 0 saturated carbocycles. The van der Waals surface area contributed by atoms with Crippen molar-refractivity contribution < 1.29 is 24.1 Å². The molecular formula is C22H25Cl2NO5. The molecule has 1 fully saturated rings. The van der Waals surface area contributed by atoms with E-state index in [4.69, 9.17) is 37.4 Å². The number of nitrogens with zero attached hydrogens (tertiary/aromatic N) is 1. The van der Waals surface area contributed by atoms with Gasteiger partial charge in [0.15, 0.2) is 11.5 Å². The van der Waals surface area contributed by atoms with E-state index in [1.54, 1.807) is 33.5 Å². The van der Waals surface area contributed by atoms with Gasteiger partial charge in [-0.1, -0.05) is 29.3 Å². The number of benzene rings is 2. The number of halogens is 2. The molecule has 0 spiro atoms. The maximum absolute atomic E-state index is 11.7. The normalized spacial score (nSPS) is 18.0. The number of hydrogen-bond donors (Lipinski definition) is 1. The average Bonchev–Trinajstić information content (AvgIpc) is 2.74. The van der Waals surface area contributed by atoms with Crippen LogP contribution in [-0.2, 0) is 4.79 Å². The van der Waals surface area contributed by atoms with E-state index in [0.717, 1.165) is 24.1 Å². The number of carboxylic acid groups (broad SMARTS) is 1. The second-order valence-electron chi connectivity index (χ2n) is 7.20. The summed E-state index contributed by atoms with van der Waals surface area (Å²) < 4.78 is 16.5. The Kier molecular flexibility index (Phi) is 7.34. The third kappa shape index (κ3) is 4.61. The van der Waals surface area contributed by atoms with Crippen molar-refractivity contribution in [3.63, 3.8) is 0 Å². The number of likely N-dealkylation sites (tertiary alicyclic amines) is 1. The van der Waals surface area contributed by atoms with Crippen LogP contribution in [0.4, 0.5) is 0 Å². The first kappa shape index (κ1) is 22.5. The Morgan fingerprint density at radius 1 is 1.10 bits per heavy atom. The topological polar surface area (TPSA) is 68.2 Å². The van der Waals surface area contributed by atoms with Crippen LogP contribution in [0.1, 0.15) is 30.0 Å². The molecule has 1 saturated heterocycles. The van der Waals surface area contributed by atoms with E-state index in [2.05, 4.69) is 4.90 Å². The van der Waals surface area contributed by atoms with Gasteiger partial charge in [0.2, 0.25) is 5.75 Å². The Hall–Kier alpha value is -2.15. The van der Waals surface area contributed by atoms with Crippen LogP contribution in [0.2, 0.25) is 10.0 Å². The molecule has 0 radical (unpaired) electrons. The zero-order chi connectivity index (χ0) is 21.8. The number of methoxy groups -OCH3 is 3. The van der Waals surface area contributed by atoms with Crippen LogP contribution >= 0.6 is 23.2 Å². The fourth-order valence-corrected chi connectivity index (χ4v) is 4.52. The molecule has 1 heterocycles. The lowest BCUT2D eigenvalue weighted by Gasteiger charge is -2.38. The number of aliphatic carboxylic acids is 1. The Bertz CT molecular complexity index is 895. The first-order chi connectivity index (χ1) is 14.4. The summed E-state index contributed by atoms with van der Waals surface area (Å²) in [7, 11) is 4.68. The summed E-state index contributed by atoms with van der Waals surface area (Å²) in [6.07, 6.45) is 1.44. The monoisotopic (exact) mass is 453 g/mol. The molecule has 2 aromatic rings. The SMILES string of the molecule is COc1cc(C(c2ccc(Cl)cc2Cl)N2CCCC(C(=O)O)C2)cc(OC)c1OC. The summed E-state index contributed by atoms with van der Waals surface area (Å²) in [6.45, 7) is 1.15. The largest absolute Gasteiger partial charge is 0.493 e. The molecule has 30 heavy (non-hydrogen) atoms. The summed E-state index contributed by atoms with van der Waals surface area (Å²) in [5.74, 6) is 0.314. The van der Waals surface area contributed by atoms with E-state index in [0.29, 0.717) is 40.3 Å². The number of hydrogen-bond acceptors (Lipinski definition) is 5. The zero-order valence-electron chi connectivity index (χ0n) is 17.2. The number of carbonyl (C=O) groups is 1. The molecule has 2 atom stereocenters. The van der Waals surface area contributed by atoms with Crippen LogP contribution < -0.4 is 14.2 Å².